The van der Waals surface area contributed by atoms with E-state index >= 15 is 0 Å². The molecule has 1 fully saturated rings. The van der Waals surface area contributed by atoms with E-state index in [2.05, 4.69) is 24.5 Å². The highest BCUT2D eigenvalue weighted by atomic mass is 16.6. The molecule has 1 aromatic carbocycles. The SMILES string of the molecule is Cc1cccc(C(C(=O)NC2CCCCC2)N(C(=O)C(C)NC(=O)OC(C)(C)C)C(C)CCC(C)C)c1C. The van der Waals surface area contributed by atoms with E-state index in [1.54, 1.807) is 32.6 Å². The summed E-state index contributed by atoms with van der Waals surface area (Å²) in [6.07, 6.45) is 6.33. The lowest BCUT2D eigenvalue weighted by atomic mass is 9.91. The summed E-state index contributed by atoms with van der Waals surface area (Å²) in [5.74, 6) is 0.0126. The molecular weight excluding hydrogens is 478 g/mol. The molecule has 1 aromatic rings. The second kappa shape index (κ2) is 14.0. The van der Waals surface area contributed by atoms with Crippen molar-refractivity contribution in [1.82, 2.24) is 15.5 Å². The van der Waals surface area contributed by atoms with Crippen LogP contribution in [0.1, 0.15) is 116 Å². The summed E-state index contributed by atoms with van der Waals surface area (Å²) in [6, 6.07) is 4.17. The van der Waals surface area contributed by atoms with Crippen LogP contribution in [0.4, 0.5) is 4.79 Å². The number of aryl methyl sites for hydroxylation is 1. The molecule has 0 heterocycles. The summed E-state index contributed by atoms with van der Waals surface area (Å²) in [5.41, 5.74) is 2.21. The van der Waals surface area contributed by atoms with Crippen molar-refractivity contribution < 1.29 is 19.1 Å². The quantitative estimate of drug-likeness (QED) is 0.369. The van der Waals surface area contributed by atoms with Gasteiger partial charge in [-0.15, -0.1) is 0 Å². The minimum Gasteiger partial charge on any atom is -0.444 e. The summed E-state index contributed by atoms with van der Waals surface area (Å²) in [5, 5.41) is 5.99. The third-order valence-electron chi connectivity index (χ3n) is 7.41. The van der Waals surface area contributed by atoms with E-state index in [-0.39, 0.29) is 23.9 Å². The Labute approximate surface area is 230 Å². The molecule has 0 bridgehead atoms. The van der Waals surface area contributed by atoms with Gasteiger partial charge in [-0.25, -0.2) is 4.79 Å². The Bertz CT molecular complexity index is 947. The number of carbonyl (C=O) groups excluding carboxylic acids is 3. The number of alkyl carbamates (subject to hydrolysis) is 1. The fourth-order valence-corrected chi connectivity index (χ4v) is 5.10. The number of benzene rings is 1. The topological polar surface area (TPSA) is 87.7 Å². The maximum absolute atomic E-state index is 14.1. The van der Waals surface area contributed by atoms with E-state index < -0.39 is 23.8 Å². The summed E-state index contributed by atoms with van der Waals surface area (Å²) in [7, 11) is 0. The van der Waals surface area contributed by atoms with E-state index in [1.807, 2.05) is 39.0 Å². The Morgan fingerprint density at radius 2 is 1.63 bits per heavy atom. The van der Waals surface area contributed by atoms with Gasteiger partial charge in [-0.1, -0.05) is 51.3 Å². The maximum atomic E-state index is 14.1. The predicted octanol–water partition coefficient (Wildman–Crippen LogP) is 6.36. The normalized spacial score (nSPS) is 16.9. The number of nitrogens with zero attached hydrogens (tertiary/aromatic N) is 1. The van der Waals surface area contributed by atoms with Gasteiger partial charge in [0.2, 0.25) is 11.8 Å². The zero-order valence-corrected chi connectivity index (χ0v) is 25.1. The van der Waals surface area contributed by atoms with Crippen LogP contribution in [0.5, 0.6) is 0 Å². The number of hydrogen-bond acceptors (Lipinski definition) is 4. The minimum absolute atomic E-state index is 0.115. The molecule has 7 heteroatoms. The molecule has 1 saturated carbocycles. The van der Waals surface area contributed by atoms with Crippen molar-refractivity contribution in [2.75, 3.05) is 0 Å². The first-order valence-corrected chi connectivity index (χ1v) is 14.4. The zero-order chi connectivity index (χ0) is 28.6. The van der Waals surface area contributed by atoms with E-state index in [0.29, 0.717) is 5.92 Å². The monoisotopic (exact) mass is 529 g/mol. The van der Waals surface area contributed by atoms with Crippen LogP contribution in [-0.2, 0) is 14.3 Å². The van der Waals surface area contributed by atoms with Gasteiger partial charge in [0, 0.05) is 12.1 Å². The number of ether oxygens (including phenoxy) is 1. The van der Waals surface area contributed by atoms with Crippen molar-refractivity contribution >= 4 is 17.9 Å². The third kappa shape index (κ3) is 9.32. The van der Waals surface area contributed by atoms with Gasteiger partial charge in [0.1, 0.15) is 17.7 Å². The van der Waals surface area contributed by atoms with Crippen LogP contribution in [-0.4, -0.2) is 46.5 Å². The van der Waals surface area contributed by atoms with Gasteiger partial charge in [-0.3, -0.25) is 9.59 Å². The Kier molecular flexibility index (Phi) is 11.7. The van der Waals surface area contributed by atoms with E-state index in [4.69, 9.17) is 4.74 Å². The molecule has 0 aromatic heterocycles. The molecule has 1 aliphatic rings. The lowest BCUT2D eigenvalue weighted by molar-refractivity contribution is -0.145. The number of amides is 3. The molecule has 0 aliphatic heterocycles. The summed E-state index contributed by atoms with van der Waals surface area (Å²) < 4.78 is 5.41. The molecule has 1 aliphatic carbocycles. The Morgan fingerprint density at radius 3 is 2.21 bits per heavy atom. The van der Waals surface area contributed by atoms with E-state index in [9.17, 15) is 14.4 Å². The van der Waals surface area contributed by atoms with Gasteiger partial charge in [0.15, 0.2) is 0 Å². The molecule has 0 spiro atoms. The van der Waals surface area contributed by atoms with Crippen molar-refractivity contribution in [1.29, 1.82) is 0 Å². The Hall–Kier alpha value is -2.57. The van der Waals surface area contributed by atoms with Crippen LogP contribution in [0.25, 0.3) is 0 Å². The minimum atomic E-state index is -0.860. The van der Waals surface area contributed by atoms with E-state index in [0.717, 1.165) is 55.2 Å². The number of rotatable bonds is 10. The number of hydrogen-bond donors (Lipinski definition) is 2. The Balaban J connectivity index is 2.50. The van der Waals surface area contributed by atoms with Crippen LogP contribution in [0, 0.1) is 19.8 Å². The van der Waals surface area contributed by atoms with E-state index in [1.165, 1.54) is 6.42 Å². The summed E-state index contributed by atoms with van der Waals surface area (Å²) in [4.78, 5) is 42.4. The standard InChI is InChI=1S/C31H51N3O4/c1-20(2)18-19-22(4)34(29(36)24(6)32-30(37)38-31(7,8)9)27(26-17-13-14-21(3)23(26)5)28(35)33-25-15-11-10-12-16-25/h13-14,17,20,22,24-25,27H,10-12,15-16,18-19H2,1-9H3,(H,32,37)(H,33,35). The van der Waals surface area contributed by atoms with Gasteiger partial charge in [-0.2, -0.15) is 0 Å². The second-order valence-corrected chi connectivity index (χ2v) is 12.5. The average Bonchev–Trinajstić information content (AvgIpc) is 2.82. The molecule has 3 unspecified atom stereocenters. The van der Waals surface area contributed by atoms with Gasteiger partial charge in [0.05, 0.1) is 0 Å². The van der Waals surface area contributed by atoms with Crippen LogP contribution in [0.2, 0.25) is 0 Å². The fourth-order valence-electron chi connectivity index (χ4n) is 5.10. The first-order chi connectivity index (χ1) is 17.7. The lowest BCUT2D eigenvalue weighted by Crippen LogP contribution is -2.55. The molecule has 0 radical (unpaired) electrons. The highest BCUT2D eigenvalue weighted by Gasteiger charge is 2.39. The molecule has 3 atom stereocenters. The highest BCUT2D eigenvalue weighted by molar-refractivity contribution is 5.92. The van der Waals surface area contributed by atoms with Crippen LogP contribution < -0.4 is 10.6 Å². The highest BCUT2D eigenvalue weighted by Crippen LogP contribution is 2.31. The van der Waals surface area contributed by atoms with Gasteiger partial charge < -0.3 is 20.3 Å². The summed E-state index contributed by atoms with van der Waals surface area (Å²) >= 11 is 0. The molecule has 2 rings (SSSR count). The molecular formula is C31H51N3O4. The third-order valence-corrected chi connectivity index (χ3v) is 7.41. The molecule has 7 nitrogen and oxygen atoms in total. The van der Waals surface area contributed by atoms with Gasteiger partial charge >= 0.3 is 6.09 Å². The first-order valence-electron chi connectivity index (χ1n) is 14.4. The lowest BCUT2D eigenvalue weighted by Gasteiger charge is -2.39. The van der Waals surface area contributed by atoms with Crippen LogP contribution >= 0.6 is 0 Å². The van der Waals surface area contributed by atoms with Crippen LogP contribution in [0.15, 0.2) is 18.2 Å². The predicted molar refractivity (Wildman–Crippen MR) is 153 cm³/mol. The zero-order valence-electron chi connectivity index (χ0n) is 25.1. The molecule has 0 saturated heterocycles. The fraction of sp³-hybridized carbons (Fsp3) is 0.710. The molecule has 2 N–H and O–H groups in total. The first kappa shape index (κ1) is 31.6. The smallest absolute Gasteiger partial charge is 0.408 e. The van der Waals surface area contributed by atoms with Crippen molar-refractivity contribution in [3.63, 3.8) is 0 Å². The average molecular weight is 530 g/mol. The van der Waals surface area contributed by atoms with Crippen LogP contribution in [0.3, 0.4) is 0 Å². The second-order valence-electron chi connectivity index (χ2n) is 12.5. The van der Waals surface area contributed by atoms with Gasteiger partial charge in [0.25, 0.3) is 0 Å². The number of nitrogens with one attached hydrogen (secondary N) is 2. The summed E-state index contributed by atoms with van der Waals surface area (Å²) in [6.45, 7) is 17.4. The van der Waals surface area contributed by atoms with Crippen molar-refractivity contribution in [2.24, 2.45) is 5.92 Å². The van der Waals surface area contributed by atoms with Crippen molar-refractivity contribution in [2.45, 2.75) is 137 Å². The van der Waals surface area contributed by atoms with Crippen molar-refractivity contribution in [3.05, 3.63) is 34.9 Å². The van der Waals surface area contributed by atoms with Gasteiger partial charge in [-0.05, 0) is 96.8 Å². The maximum Gasteiger partial charge on any atom is 0.408 e. The number of carbonyl (C=O) groups is 3. The molecule has 38 heavy (non-hydrogen) atoms. The molecule has 214 valence electrons. The van der Waals surface area contributed by atoms with Crippen molar-refractivity contribution in [3.8, 4) is 0 Å². The largest absolute Gasteiger partial charge is 0.444 e. The Morgan fingerprint density at radius 1 is 1.00 bits per heavy atom. The molecule has 3 amide bonds.